The van der Waals surface area contributed by atoms with Gasteiger partial charge in [0.15, 0.2) is 11.5 Å². The fraction of sp³-hybridized carbons (Fsp3) is 0.364. The molecule has 1 aliphatic heterocycles. The van der Waals surface area contributed by atoms with Gasteiger partial charge in [-0.3, -0.25) is 4.79 Å². The van der Waals surface area contributed by atoms with Crippen molar-refractivity contribution in [2.75, 3.05) is 6.79 Å². The summed E-state index contributed by atoms with van der Waals surface area (Å²) in [5, 5.41) is 19.8. The van der Waals surface area contributed by atoms with Crippen LogP contribution in [0.3, 0.4) is 0 Å². The van der Waals surface area contributed by atoms with Gasteiger partial charge in [0.25, 0.3) is 0 Å². The predicted molar refractivity (Wildman–Crippen MR) is 62.4 cm³/mol. The van der Waals surface area contributed by atoms with Crippen molar-refractivity contribution >= 4 is 17.5 Å². The van der Waals surface area contributed by atoms with Crippen molar-refractivity contribution in [1.29, 1.82) is 0 Å². The molecule has 0 aliphatic carbocycles. The first-order chi connectivity index (χ1) is 8.49. The molecule has 6 nitrogen and oxygen atoms in total. The Kier molecular flexibility index (Phi) is 3.60. The molecule has 2 unspecified atom stereocenters. The molecule has 7 heteroatoms. The lowest BCUT2D eigenvalue weighted by Gasteiger charge is -2.18. The Hall–Kier alpha value is -1.50. The quantitative estimate of drug-likeness (QED) is 0.734. The molecule has 1 aromatic rings. The largest absolute Gasteiger partial charge is 0.454 e. The summed E-state index contributed by atoms with van der Waals surface area (Å²) >= 11 is 5.96. The molecule has 1 heterocycles. The topological polar surface area (TPSA) is 102 Å². The van der Waals surface area contributed by atoms with Crippen LogP contribution in [0.25, 0.3) is 0 Å². The molecule has 0 fully saturated rings. The van der Waals surface area contributed by atoms with E-state index in [1.54, 1.807) is 0 Å². The maximum atomic E-state index is 10.7. The van der Waals surface area contributed by atoms with Gasteiger partial charge in [-0.05, 0) is 6.07 Å². The highest BCUT2D eigenvalue weighted by molar-refractivity contribution is 6.31. The molecule has 0 saturated carbocycles. The molecule has 1 amide bonds. The lowest BCUT2D eigenvalue weighted by molar-refractivity contribution is -0.121. The molecule has 0 radical (unpaired) electrons. The van der Waals surface area contributed by atoms with Crippen molar-refractivity contribution in [3.8, 4) is 11.5 Å². The van der Waals surface area contributed by atoms with Gasteiger partial charge in [0, 0.05) is 11.6 Å². The Morgan fingerprint density at radius 2 is 2.00 bits per heavy atom. The third-order valence-corrected chi connectivity index (χ3v) is 2.91. The minimum absolute atomic E-state index is 0.0784. The number of rotatable bonds is 4. The van der Waals surface area contributed by atoms with Gasteiger partial charge in [-0.15, -0.1) is 0 Å². The monoisotopic (exact) mass is 273 g/mol. The van der Waals surface area contributed by atoms with E-state index < -0.39 is 18.1 Å². The molecule has 1 aromatic carbocycles. The van der Waals surface area contributed by atoms with Crippen LogP contribution in [0.4, 0.5) is 0 Å². The highest BCUT2D eigenvalue weighted by atomic mass is 35.5. The summed E-state index contributed by atoms with van der Waals surface area (Å²) in [5.41, 5.74) is 5.21. The van der Waals surface area contributed by atoms with E-state index in [0.29, 0.717) is 11.5 Å². The first kappa shape index (κ1) is 12.9. The standard InChI is InChI=1S/C11H12ClNO5/c12-6-2-9-8(17-4-18-9)1-5(6)11(16)7(14)3-10(13)15/h1-2,7,11,14,16H,3-4H2,(H2,13,15). The van der Waals surface area contributed by atoms with E-state index in [4.69, 9.17) is 26.8 Å². The number of hydrogen-bond acceptors (Lipinski definition) is 5. The normalized spacial score (nSPS) is 16.4. The van der Waals surface area contributed by atoms with Crippen LogP contribution in [0.2, 0.25) is 5.02 Å². The predicted octanol–water partition coefficient (Wildman–Crippen LogP) is 0.338. The zero-order valence-electron chi connectivity index (χ0n) is 9.30. The van der Waals surface area contributed by atoms with E-state index in [2.05, 4.69) is 0 Å². The summed E-state index contributed by atoms with van der Waals surface area (Å²) in [6, 6.07) is 2.96. The number of ether oxygens (including phenoxy) is 2. The first-order valence-electron chi connectivity index (χ1n) is 5.22. The highest BCUT2D eigenvalue weighted by Crippen LogP contribution is 2.39. The van der Waals surface area contributed by atoms with Gasteiger partial charge < -0.3 is 25.4 Å². The van der Waals surface area contributed by atoms with Crippen LogP contribution < -0.4 is 15.2 Å². The van der Waals surface area contributed by atoms with Crippen LogP contribution in [0.15, 0.2) is 12.1 Å². The number of fused-ring (bicyclic) bond motifs is 1. The molecular formula is C11H12ClNO5. The third kappa shape index (κ3) is 2.50. The minimum atomic E-state index is -1.32. The lowest BCUT2D eigenvalue weighted by atomic mass is 10.0. The smallest absolute Gasteiger partial charge is 0.231 e. The summed E-state index contributed by atoms with van der Waals surface area (Å²) < 4.78 is 10.3. The molecule has 1 aliphatic rings. The van der Waals surface area contributed by atoms with Gasteiger partial charge in [-0.25, -0.2) is 0 Å². The fourth-order valence-corrected chi connectivity index (χ4v) is 1.95. The van der Waals surface area contributed by atoms with Crippen LogP contribution in [0, 0.1) is 0 Å². The number of carbonyl (C=O) groups is 1. The molecule has 0 bridgehead atoms. The van der Waals surface area contributed by atoms with Crippen LogP contribution in [0.5, 0.6) is 11.5 Å². The van der Waals surface area contributed by atoms with Gasteiger partial charge in [0.1, 0.15) is 6.10 Å². The van der Waals surface area contributed by atoms with Crippen LogP contribution in [-0.2, 0) is 4.79 Å². The molecule has 2 rings (SSSR count). The van der Waals surface area contributed by atoms with Crippen LogP contribution in [0.1, 0.15) is 18.1 Å². The molecule has 18 heavy (non-hydrogen) atoms. The van der Waals surface area contributed by atoms with Crippen molar-refractivity contribution < 1.29 is 24.5 Å². The molecule has 0 aromatic heterocycles. The first-order valence-corrected chi connectivity index (χ1v) is 5.60. The maximum absolute atomic E-state index is 10.7. The number of nitrogens with two attached hydrogens (primary N) is 1. The maximum Gasteiger partial charge on any atom is 0.231 e. The number of benzene rings is 1. The number of primary amides is 1. The molecule has 2 atom stereocenters. The van der Waals surface area contributed by atoms with Gasteiger partial charge in [0.05, 0.1) is 17.5 Å². The van der Waals surface area contributed by atoms with E-state index in [1.807, 2.05) is 0 Å². The summed E-state index contributed by atoms with van der Waals surface area (Å²) in [5.74, 6) is 0.193. The van der Waals surface area contributed by atoms with Crippen LogP contribution in [-0.4, -0.2) is 29.0 Å². The molecule has 0 saturated heterocycles. The average Bonchev–Trinajstić information content (AvgIpc) is 2.72. The molecule has 4 N–H and O–H groups in total. The number of amides is 1. The van der Waals surface area contributed by atoms with E-state index >= 15 is 0 Å². The van der Waals surface area contributed by atoms with Gasteiger partial charge in [0.2, 0.25) is 12.7 Å². The highest BCUT2D eigenvalue weighted by Gasteiger charge is 2.25. The molecule has 0 spiro atoms. The molecule has 98 valence electrons. The minimum Gasteiger partial charge on any atom is -0.454 e. The number of carbonyl (C=O) groups excluding carboxylic acids is 1. The number of aliphatic hydroxyl groups excluding tert-OH is 2. The summed E-state index contributed by atoms with van der Waals surface area (Å²) in [7, 11) is 0. The Bertz CT molecular complexity index is 479. The summed E-state index contributed by atoms with van der Waals surface area (Å²) in [6.45, 7) is 0.0784. The fourth-order valence-electron chi connectivity index (χ4n) is 1.68. The SMILES string of the molecule is NC(=O)CC(O)C(O)c1cc2c(cc1Cl)OCO2. The van der Waals surface area contributed by atoms with E-state index in [-0.39, 0.29) is 23.8 Å². The second-order valence-corrected chi connectivity index (χ2v) is 4.32. The van der Waals surface area contributed by atoms with Crippen molar-refractivity contribution in [3.63, 3.8) is 0 Å². The van der Waals surface area contributed by atoms with Gasteiger partial charge in [-0.1, -0.05) is 11.6 Å². The Labute approximate surface area is 108 Å². The molecular weight excluding hydrogens is 262 g/mol. The summed E-state index contributed by atoms with van der Waals surface area (Å²) in [6.07, 6.45) is -2.99. The number of halogens is 1. The second-order valence-electron chi connectivity index (χ2n) is 3.91. The van der Waals surface area contributed by atoms with Crippen molar-refractivity contribution in [2.24, 2.45) is 5.73 Å². The van der Waals surface area contributed by atoms with E-state index in [0.717, 1.165) is 0 Å². The van der Waals surface area contributed by atoms with Gasteiger partial charge in [-0.2, -0.15) is 0 Å². The number of hydrogen-bond donors (Lipinski definition) is 3. The van der Waals surface area contributed by atoms with Crippen LogP contribution >= 0.6 is 11.6 Å². The zero-order valence-corrected chi connectivity index (χ0v) is 10.1. The van der Waals surface area contributed by atoms with Crippen molar-refractivity contribution in [2.45, 2.75) is 18.6 Å². The third-order valence-electron chi connectivity index (χ3n) is 2.59. The summed E-state index contributed by atoms with van der Waals surface area (Å²) in [4.78, 5) is 10.7. The Morgan fingerprint density at radius 3 is 2.61 bits per heavy atom. The Balaban J connectivity index is 2.25. The van der Waals surface area contributed by atoms with E-state index in [1.165, 1.54) is 12.1 Å². The second kappa shape index (κ2) is 5.01. The van der Waals surface area contributed by atoms with Crippen molar-refractivity contribution in [1.82, 2.24) is 0 Å². The van der Waals surface area contributed by atoms with Crippen molar-refractivity contribution in [3.05, 3.63) is 22.7 Å². The average molecular weight is 274 g/mol. The zero-order chi connectivity index (χ0) is 13.3. The lowest BCUT2D eigenvalue weighted by Crippen LogP contribution is -2.25. The van der Waals surface area contributed by atoms with Gasteiger partial charge >= 0.3 is 0 Å². The Morgan fingerprint density at radius 1 is 1.39 bits per heavy atom. The van der Waals surface area contributed by atoms with E-state index in [9.17, 15) is 15.0 Å². The number of aliphatic hydroxyl groups is 2.